The van der Waals surface area contributed by atoms with Crippen molar-refractivity contribution in [1.82, 2.24) is 4.72 Å². The Bertz CT molecular complexity index is 1360. The second-order valence-corrected chi connectivity index (χ2v) is 11.9. The number of hydrogen-bond donors (Lipinski definition) is 1. The van der Waals surface area contributed by atoms with Gasteiger partial charge in [-0.1, -0.05) is 60.9 Å². The quantitative estimate of drug-likeness (QED) is 0.188. The van der Waals surface area contributed by atoms with Crippen LogP contribution >= 0.6 is 0 Å². The van der Waals surface area contributed by atoms with Crippen LogP contribution in [0.3, 0.4) is 0 Å². The first-order valence-corrected chi connectivity index (χ1v) is 15.3. The first-order valence-electron chi connectivity index (χ1n) is 13.8. The van der Waals surface area contributed by atoms with Crippen molar-refractivity contribution in [1.29, 1.82) is 0 Å². The highest BCUT2D eigenvalue weighted by molar-refractivity contribution is 7.89. The van der Waals surface area contributed by atoms with E-state index in [4.69, 9.17) is 23.7 Å². The molecule has 234 valence electrons. The van der Waals surface area contributed by atoms with Crippen molar-refractivity contribution in [3.05, 3.63) is 65.7 Å². The number of hydrogen-bond acceptors (Lipinski definition) is 11. The van der Waals surface area contributed by atoms with E-state index in [-0.39, 0.29) is 24.3 Å². The third-order valence-corrected chi connectivity index (χ3v) is 8.01. The van der Waals surface area contributed by atoms with Crippen molar-refractivity contribution >= 4 is 33.9 Å². The maximum absolute atomic E-state index is 13.1. The number of sulfonamides is 1. The monoisotopic (exact) mass is 619 g/mol. The summed E-state index contributed by atoms with van der Waals surface area (Å²) in [4.78, 5) is 48.1. The molecule has 1 aliphatic rings. The number of nitrogens with one attached hydrogen (secondary N) is 1. The van der Waals surface area contributed by atoms with Crippen LogP contribution in [-0.2, 0) is 59.5 Å². The molecular weight excluding hydrogens is 582 g/mol. The molecule has 0 amide bonds. The molecule has 1 saturated heterocycles. The van der Waals surface area contributed by atoms with Gasteiger partial charge in [0.25, 0.3) is 0 Å². The maximum atomic E-state index is 13.1. The van der Waals surface area contributed by atoms with Crippen molar-refractivity contribution in [2.45, 2.75) is 95.5 Å². The number of aryl methyl sites for hydroxylation is 1. The standard InChI is InChI=1S/C30H37NO11S/c1-19-14-16-24(17-15-19)43(36,37)31-25(29(35)38-18-23-10-6-5-7-11-23)12-8-9-13-26-27(39-20(2)32)28(40-21(3)33)30(42-26)41-22(4)34/h5-7,10-11,14-17,25-28,30-31H,8-9,12-13,18H2,1-4H3/t25-,26+,27+,28+,30+/m0/s1. The largest absolute Gasteiger partial charge is 0.460 e. The molecule has 13 heteroatoms. The molecule has 3 rings (SSSR count). The predicted molar refractivity (Wildman–Crippen MR) is 152 cm³/mol. The van der Waals surface area contributed by atoms with Gasteiger partial charge in [0.15, 0.2) is 6.10 Å². The predicted octanol–water partition coefficient (Wildman–Crippen LogP) is 3.10. The minimum atomic E-state index is -4.05. The van der Waals surface area contributed by atoms with Crippen LogP contribution in [0.25, 0.3) is 0 Å². The molecule has 0 aromatic heterocycles. The Balaban J connectivity index is 1.69. The van der Waals surface area contributed by atoms with E-state index in [9.17, 15) is 27.6 Å². The number of carbonyl (C=O) groups excluding carboxylic acids is 4. The number of esters is 4. The van der Waals surface area contributed by atoms with E-state index in [0.717, 1.165) is 25.0 Å². The Morgan fingerprint density at radius 2 is 1.44 bits per heavy atom. The molecule has 1 aliphatic heterocycles. The van der Waals surface area contributed by atoms with E-state index in [2.05, 4.69) is 4.72 Å². The Hall–Kier alpha value is -3.81. The number of unbranched alkanes of at least 4 members (excludes halogenated alkanes) is 1. The lowest BCUT2D eigenvalue weighted by molar-refractivity contribution is -0.195. The second-order valence-electron chi connectivity index (χ2n) is 10.2. The second kappa shape index (κ2) is 15.6. The Labute approximate surface area is 251 Å². The third-order valence-electron chi connectivity index (χ3n) is 6.52. The lowest BCUT2D eigenvalue weighted by Crippen LogP contribution is -2.42. The van der Waals surface area contributed by atoms with Crippen molar-refractivity contribution in [2.24, 2.45) is 0 Å². The van der Waals surface area contributed by atoms with Gasteiger partial charge in [-0.25, -0.2) is 8.42 Å². The van der Waals surface area contributed by atoms with Gasteiger partial charge in [-0.2, -0.15) is 4.72 Å². The van der Waals surface area contributed by atoms with E-state index in [1.54, 1.807) is 36.4 Å². The van der Waals surface area contributed by atoms with Crippen molar-refractivity contribution < 1.29 is 51.3 Å². The normalized spacial score (nSPS) is 20.6. The average molecular weight is 620 g/mol. The van der Waals surface area contributed by atoms with Crippen molar-refractivity contribution in [3.63, 3.8) is 0 Å². The molecule has 1 heterocycles. The van der Waals surface area contributed by atoms with Crippen LogP contribution in [0, 0.1) is 6.92 Å². The zero-order chi connectivity index (χ0) is 31.6. The molecule has 0 bridgehead atoms. The van der Waals surface area contributed by atoms with Gasteiger partial charge in [0.2, 0.25) is 22.4 Å². The smallest absolute Gasteiger partial charge is 0.324 e. The lowest BCUT2D eigenvalue weighted by atomic mass is 10.0. The highest BCUT2D eigenvalue weighted by atomic mass is 32.2. The minimum absolute atomic E-state index is 0.00978. The molecule has 0 unspecified atom stereocenters. The summed E-state index contributed by atoms with van der Waals surface area (Å²) >= 11 is 0. The van der Waals surface area contributed by atoms with Gasteiger partial charge < -0.3 is 23.7 Å². The zero-order valence-electron chi connectivity index (χ0n) is 24.5. The summed E-state index contributed by atoms with van der Waals surface area (Å²) in [5.41, 5.74) is 1.63. The number of benzene rings is 2. The summed E-state index contributed by atoms with van der Waals surface area (Å²) in [6, 6.07) is 14.0. The fraction of sp³-hybridized carbons (Fsp3) is 0.467. The third kappa shape index (κ3) is 10.4. The highest BCUT2D eigenvalue weighted by Crippen LogP contribution is 2.31. The molecule has 1 fully saturated rings. The molecule has 43 heavy (non-hydrogen) atoms. The average Bonchev–Trinajstić information content (AvgIpc) is 3.23. The minimum Gasteiger partial charge on any atom is -0.460 e. The van der Waals surface area contributed by atoms with Gasteiger partial charge in [-0.05, 0) is 37.5 Å². The van der Waals surface area contributed by atoms with Crippen LogP contribution in [0.5, 0.6) is 0 Å². The molecular formula is C30H37NO11S. The number of rotatable bonds is 14. The molecule has 12 nitrogen and oxygen atoms in total. The molecule has 1 N–H and O–H groups in total. The summed E-state index contributed by atoms with van der Waals surface area (Å²) in [5.74, 6) is -2.74. The van der Waals surface area contributed by atoms with E-state index in [1.165, 1.54) is 19.1 Å². The van der Waals surface area contributed by atoms with Crippen LogP contribution in [0.15, 0.2) is 59.5 Å². The number of ether oxygens (including phenoxy) is 5. The Kier molecular flexibility index (Phi) is 12.2. The SMILES string of the molecule is CC(=O)O[C@@H]1O[C@H](CCCC[C@H](NS(=O)(=O)c2ccc(C)cc2)C(=O)OCc2ccccc2)[C@@H](OC(C)=O)[C@H]1OC(C)=O. The van der Waals surface area contributed by atoms with Crippen LogP contribution in [0.4, 0.5) is 0 Å². The molecule has 2 aromatic carbocycles. The van der Waals surface area contributed by atoms with Gasteiger partial charge in [-0.3, -0.25) is 19.2 Å². The molecule has 0 radical (unpaired) electrons. The summed E-state index contributed by atoms with van der Waals surface area (Å²) < 4.78 is 55.7. The first-order chi connectivity index (χ1) is 20.4. The van der Waals surface area contributed by atoms with E-state index >= 15 is 0 Å². The molecule has 0 saturated carbocycles. The van der Waals surface area contributed by atoms with E-state index < -0.39 is 64.5 Å². The van der Waals surface area contributed by atoms with Gasteiger partial charge in [-0.15, -0.1) is 0 Å². The highest BCUT2D eigenvalue weighted by Gasteiger charge is 2.50. The van der Waals surface area contributed by atoms with Crippen molar-refractivity contribution in [2.75, 3.05) is 0 Å². The lowest BCUT2D eigenvalue weighted by Gasteiger charge is -2.23. The summed E-state index contributed by atoms with van der Waals surface area (Å²) in [6.45, 7) is 5.32. The summed E-state index contributed by atoms with van der Waals surface area (Å²) in [7, 11) is -4.05. The van der Waals surface area contributed by atoms with Crippen LogP contribution < -0.4 is 4.72 Å². The number of carbonyl (C=O) groups is 4. The Morgan fingerprint density at radius 1 is 0.837 bits per heavy atom. The molecule has 0 spiro atoms. The van der Waals surface area contributed by atoms with Gasteiger partial charge in [0, 0.05) is 20.8 Å². The fourth-order valence-electron chi connectivity index (χ4n) is 4.55. The van der Waals surface area contributed by atoms with Crippen LogP contribution in [0.1, 0.15) is 57.6 Å². The zero-order valence-corrected chi connectivity index (χ0v) is 25.3. The van der Waals surface area contributed by atoms with E-state index in [0.29, 0.717) is 12.8 Å². The topological polar surface area (TPSA) is 161 Å². The fourth-order valence-corrected chi connectivity index (χ4v) is 5.77. The maximum Gasteiger partial charge on any atom is 0.324 e. The van der Waals surface area contributed by atoms with Gasteiger partial charge in [0.05, 0.1) is 4.90 Å². The molecule has 0 aliphatic carbocycles. The van der Waals surface area contributed by atoms with Crippen LogP contribution in [0.2, 0.25) is 0 Å². The van der Waals surface area contributed by atoms with Gasteiger partial charge >= 0.3 is 23.9 Å². The van der Waals surface area contributed by atoms with Crippen LogP contribution in [-0.4, -0.2) is 62.9 Å². The van der Waals surface area contributed by atoms with Gasteiger partial charge in [0.1, 0.15) is 18.8 Å². The summed E-state index contributed by atoms with van der Waals surface area (Å²) in [6.07, 6.45) is -3.23. The molecule has 2 aromatic rings. The first kappa shape index (κ1) is 33.7. The Morgan fingerprint density at radius 3 is 2.05 bits per heavy atom. The molecule has 5 atom stereocenters. The van der Waals surface area contributed by atoms with Crippen molar-refractivity contribution in [3.8, 4) is 0 Å². The summed E-state index contributed by atoms with van der Waals surface area (Å²) in [5, 5.41) is 0. The van der Waals surface area contributed by atoms with E-state index in [1.807, 2.05) is 13.0 Å².